The molecule has 72 valence electrons. The Morgan fingerprint density at radius 3 is 2.62 bits per heavy atom. The number of hydrogen-bond acceptors (Lipinski definition) is 2. The van der Waals surface area contributed by atoms with Gasteiger partial charge in [0.15, 0.2) is 0 Å². The van der Waals surface area contributed by atoms with Crippen molar-refractivity contribution in [2.75, 3.05) is 20.6 Å². The third-order valence-corrected chi connectivity index (χ3v) is 1.96. The highest BCUT2D eigenvalue weighted by molar-refractivity contribution is 5.24. The van der Waals surface area contributed by atoms with Crippen LogP contribution >= 0.6 is 0 Å². The minimum absolute atomic E-state index is 0.380. The first-order valence-electron chi connectivity index (χ1n) is 4.49. The van der Waals surface area contributed by atoms with Crippen LogP contribution in [0.4, 0.5) is 0 Å². The van der Waals surface area contributed by atoms with Crippen LogP contribution in [0.5, 0.6) is 0 Å². The van der Waals surface area contributed by atoms with Gasteiger partial charge in [-0.05, 0) is 26.6 Å². The van der Waals surface area contributed by atoms with Gasteiger partial charge in [-0.3, -0.25) is 0 Å². The van der Waals surface area contributed by atoms with Crippen molar-refractivity contribution in [3.05, 3.63) is 35.4 Å². The summed E-state index contributed by atoms with van der Waals surface area (Å²) in [5.41, 5.74) is 2.18. The molecule has 1 aromatic carbocycles. The summed E-state index contributed by atoms with van der Waals surface area (Å²) < 4.78 is 0. The number of aliphatic hydroxyl groups excluding tert-OH is 1. The fraction of sp³-hybridized carbons (Fsp3) is 0.455. The molecule has 0 heterocycles. The van der Waals surface area contributed by atoms with Crippen molar-refractivity contribution in [3.8, 4) is 0 Å². The number of benzene rings is 1. The highest BCUT2D eigenvalue weighted by Crippen LogP contribution is 2.14. The molecule has 2 nitrogen and oxygen atoms in total. The number of aliphatic hydroxyl groups is 1. The second-order valence-corrected chi connectivity index (χ2v) is 3.69. The Kier molecular flexibility index (Phi) is 3.46. The molecule has 0 aliphatic carbocycles. The zero-order valence-electron chi connectivity index (χ0n) is 8.49. The molecule has 0 fully saturated rings. The highest BCUT2D eigenvalue weighted by Gasteiger charge is 2.07. The molecule has 0 radical (unpaired) electrons. The molecule has 0 bridgehead atoms. The first-order valence-corrected chi connectivity index (χ1v) is 4.49. The van der Waals surface area contributed by atoms with Gasteiger partial charge in [-0.2, -0.15) is 0 Å². The van der Waals surface area contributed by atoms with E-state index in [1.54, 1.807) is 0 Å². The van der Waals surface area contributed by atoms with Crippen LogP contribution in [0.1, 0.15) is 17.2 Å². The first kappa shape index (κ1) is 10.2. The molecule has 0 saturated heterocycles. The Balaban J connectivity index is 2.71. The summed E-state index contributed by atoms with van der Waals surface area (Å²) in [7, 11) is 3.91. The lowest BCUT2D eigenvalue weighted by molar-refractivity contribution is 0.138. The maximum atomic E-state index is 9.77. The van der Waals surface area contributed by atoms with Crippen LogP contribution in [0.25, 0.3) is 0 Å². The molecule has 0 spiro atoms. The molecule has 0 aromatic heterocycles. The lowest BCUT2D eigenvalue weighted by Crippen LogP contribution is -2.19. The minimum atomic E-state index is -0.380. The van der Waals surface area contributed by atoms with Crippen LogP contribution in [0, 0.1) is 6.92 Å². The van der Waals surface area contributed by atoms with Crippen molar-refractivity contribution in [2.45, 2.75) is 13.0 Å². The van der Waals surface area contributed by atoms with E-state index in [4.69, 9.17) is 0 Å². The van der Waals surface area contributed by atoms with Crippen LogP contribution in [0.15, 0.2) is 24.3 Å². The molecule has 0 saturated carbocycles. The number of hydrogen-bond donors (Lipinski definition) is 1. The van der Waals surface area contributed by atoms with Gasteiger partial charge in [-0.1, -0.05) is 29.8 Å². The summed E-state index contributed by atoms with van der Waals surface area (Å²) in [6, 6.07) is 7.99. The van der Waals surface area contributed by atoms with Crippen molar-refractivity contribution in [2.24, 2.45) is 0 Å². The average molecular weight is 179 g/mol. The average Bonchev–Trinajstić information content (AvgIpc) is 2.03. The molecular weight excluding hydrogens is 162 g/mol. The SMILES string of the molecule is Cc1cccc(C(O)CN(C)C)c1. The maximum absolute atomic E-state index is 9.77. The van der Waals surface area contributed by atoms with Gasteiger partial charge in [0.2, 0.25) is 0 Å². The molecule has 1 aromatic rings. The highest BCUT2D eigenvalue weighted by atomic mass is 16.3. The number of nitrogens with zero attached hydrogens (tertiary/aromatic N) is 1. The van der Waals surface area contributed by atoms with E-state index in [0.29, 0.717) is 6.54 Å². The van der Waals surface area contributed by atoms with Gasteiger partial charge in [-0.15, -0.1) is 0 Å². The standard InChI is InChI=1S/C11H17NO/c1-9-5-4-6-10(7-9)11(13)8-12(2)3/h4-7,11,13H,8H2,1-3H3. The van der Waals surface area contributed by atoms with Crippen LogP contribution in [-0.4, -0.2) is 30.6 Å². The fourth-order valence-electron chi connectivity index (χ4n) is 1.33. The van der Waals surface area contributed by atoms with E-state index in [1.807, 2.05) is 50.2 Å². The molecule has 2 heteroatoms. The third-order valence-electron chi connectivity index (χ3n) is 1.96. The van der Waals surface area contributed by atoms with Crippen molar-refractivity contribution in [1.29, 1.82) is 0 Å². The summed E-state index contributed by atoms with van der Waals surface area (Å²) >= 11 is 0. The summed E-state index contributed by atoms with van der Waals surface area (Å²) in [4.78, 5) is 1.98. The van der Waals surface area contributed by atoms with E-state index in [0.717, 1.165) is 5.56 Å². The molecular formula is C11H17NO. The topological polar surface area (TPSA) is 23.5 Å². The van der Waals surface area contributed by atoms with Crippen LogP contribution in [0.2, 0.25) is 0 Å². The van der Waals surface area contributed by atoms with Crippen molar-refractivity contribution in [3.63, 3.8) is 0 Å². The predicted molar refractivity (Wildman–Crippen MR) is 54.7 cm³/mol. The molecule has 1 rings (SSSR count). The molecule has 1 atom stereocenters. The zero-order chi connectivity index (χ0) is 9.84. The number of rotatable bonds is 3. The zero-order valence-corrected chi connectivity index (χ0v) is 8.49. The molecule has 0 aliphatic heterocycles. The lowest BCUT2D eigenvalue weighted by atomic mass is 10.1. The lowest BCUT2D eigenvalue weighted by Gasteiger charge is -2.16. The monoisotopic (exact) mass is 179 g/mol. The van der Waals surface area contributed by atoms with Gasteiger partial charge in [0, 0.05) is 6.54 Å². The van der Waals surface area contributed by atoms with Gasteiger partial charge in [0.05, 0.1) is 6.10 Å². The van der Waals surface area contributed by atoms with Crippen LogP contribution < -0.4 is 0 Å². The Morgan fingerprint density at radius 2 is 2.08 bits per heavy atom. The Bertz CT molecular complexity index is 271. The molecule has 1 N–H and O–H groups in total. The van der Waals surface area contributed by atoms with Gasteiger partial charge >= 0.3 is 0 Å². The second-order valence-electron chi connectivity index (χ2n) is 3.69. The van der Waals surface area contributed by atoms with Crippen molar-refractivity contribution in [1.82, 2.24) is 4.90 Å². The second kappa shape index (κ2) is 4.40. The van der Waals surface area contributed by atoms with Gasteiger partial charge in [0.1, 0.15) is 0 Å². The molecule has 0 aliphatic rings. The Morgan fingerprint density at radius 1 is 1.38 bits per heavy atom. The quantitative estimate of drug-likeness (QED) is 0.761. The maximum Gasteiger partial charge on any atom is 0.0916 e. The summed E-state index contributed by atoms with van der Waals surface area (Å²) in [6.07, 6.45) is -0.380. The summed E-state index contributed by atoms with van der Waals surface area (Å²) in [5.74, 6) is 0. The van der Waals surface area contributed by atoms with Crippen molar-refractivity contribution >= 4 is 0 Å². The van der Waals surface area contributed by atoms with Gasteiger partial charge in [-0.25, -0.2) is 0 Å². The van der Waals surface area contributed by atoms with Gasteiger partial charge in [0.25, 0.3) is 0 Å². The predicted octanol–water partition coefficient (Wildman–Crippen LogP) is 1.59. The third kappa shape index (κ3) is 3.17. The van der Waals surface area contributed by atoms with E-state index < -0.39 is 0 Å². The first-order chi connectivity index (χ1) is 6.09. The molecule has 1 unspecified atom stereocenters. The Labute approximate surface area is 79.8 Å². The molecule has 13 heavy (non-hydrogen) atoms. The van der Waals surface area contributed by atoms with Crippen LogP contribution in [-0.2, 0) is 0 Å². The van der Waals surface area contributed by atoms with E-state index >= 15 is 0 Å². The largest absolute Gasteiger partial charge is 0.387 e. The summed E-state index contributed by atoms with van der Waals surface area (Å²) in [5, 5.41) is 9.77. The minimum Gasteiger partial charge on any atom is -0.387 e. The van der Waals surface area contributed by atoms with E-state index in [-0.39, 0.29) is 6.10 Å². The van der Waals surface area contributed by atoms with E-state index in [2.05, 4.69) is 0 Å². The smallest absolute Gasteiger partial charge is 0.0916 e. The van der Waals surface area contributed by atoms with Crippen LogP contribution in [0.3, 0.4) is 0 Å². The normalized spacial score (nSPS) is 13.3. The Hall–Kier alpha value is -0.860. The number of likely N-dealkylation sites (N-methyl/N-ethyl adjacent to an activating group) is 1. The van der Waals surface area contributed by atoms with Gasteiger partial charge < -0.3 is 10.0 Å². The summed E-state index contributed by atoms with van der Waals surface area (Å²) in [6.45, 7) is 2.70. The van der Waals surface area contributed by atoms with E-state index in [9.17, 15) is 5.11 Å². The fourth-order valence-corrected chi connectivity index (χ4v) is 1.33. The van der Waals surface area contributed by atoms with Crippen molar-refractivity contribution < 1.29 is 5.11 Å². The van der Waals surface area contributed by atoms with E-state index in [1.165, 1.54) is 5.56 Å². The number of aryl methyl sites for hydroxylation is 1. The molecule has 0 amide bonds.